The number of carbonyl (C=O) groups excluding carboxylic acids is 2. The molecule has 0 spiro atoms. The van der Waals surface area contributed by atoms with Crippen LogP contribution in [0.1, 0.15) is 34.5 Å². The molecule has 6 nitrogen and oxygen atoms in total. The molecule has 1 N–H and O–H groups in total. The van der Waals surface area contributed by atoms with Crippen LogP contribution in [0.25, 0.3) is 22.2 Å². The van der Waals surface area contributed by atoms with Gasteiger partial charge in [-0.05, 0) is 43.4 Å². The van der Waals surface area contributed by atoms with E-state index in [-0.39, 0.29) is 0 Å². The van der Waals surface area contributed by atoms with Crippen molar-refractivity contribution in [2.24, 2.45) is 0 Å². The quantitative estimate of drug-likeness (QED) is 0.373. The van der Waals surface area contributed by atoms with E-state index in [1.165, 1.54) is 11.3 Å². The van der Waals surface area contributed by atoms with E-state index in [9.17, 15) is 9.59 Å². The number of hydrogen-bond acceptors (Lipinski definition) is 6. The molecule has 0 bridgehead atoms. The number of fused-ring (bicyclic) bond motifs is 2. The summed E-state index contributed by atoms with van der Waals surface area (Å²) in [4.78, 5) is 34.7. The lowest BCUT2D eigenvalue weighted by atomic mass is 9.90. The summed E-state index contributed by atoms with van der Waals surface area (Å²) in [5.41, 5.74) is 4.65. The van der Waals surface area contributed by atoms with Crippen molar-refractivity contribution in [1.29, 1.82) is 0 Å². The largest absolute Gasteiger partial charge is 0.452 e. The normalized spacial score (nSPS) is 12.9. The molecule has 2 aromatic heterocycles. The predicted molar refractivity (Wildman–Crippen MR) is 130 cm³/mol. The second-order valence-corrected chi connectivity index (χ2v) is 9.04. The molecule has 4 aromatic rings. The highest BCUT2D eigenvalue weighted by Gasteiger charge is 2.24. The number of halogens is 1. The fraction of sp³-hybridized carbons (Fsp3) is 0.200. The van der Waals surface area contributed by atoms with E-state index in [0.717, 1.165) is 53.4 Å². The number of amides is 1. The number of esters is 1. The van der Waals surface area contributed by atoms with Crippen molar-refractivity contribution in [2.75, 3.05) is 11.9 Å². The minimum absolute atomic E-state index is 0.398. The molecule has 33 heavy (non-hydrogen) atoms. The second kappa shape index (κ2) is 9.29. The van der Waals surface area contributed by atoms with Gasteiger partial charge in [0.25, 0.3) is 5.91 Å². The fourth-order valence-corrected chi connectivity index (χ4v) is 5.05. The Balaban J connectivity index is 1.30. The number of hydrogen-bond donors (Lipinski definition) is 1. The van der Waals surface area contributed by atoms with Crippen molar-refractivity contribution in [3.05, 3.63) is 75.8 Å². The summed E-state index contributed by atoms with van der Waals surface area (Å²) in [5, 5.41) is 6.27. The van der Waals surface area contributed by atoms with Gasteiger partial charge >= 0.3 is 5.97 Å². The highest BCUT2D eigenvalue weighted by atomic mass is 35.5. The minimum Gasteiger partial charge on any atom is -0.452 e. The first-order chi connectivity index (χ1) is 16.1. The molecule has 0 unspecified atom stereocenters. The fourth-order valence-electron chi connectivity index (χ4n) is 4.09. The molecule has 0 saturated heterocycles. The maximum atomic E-state index is 13.1. The number of nitrogens with zero attached hydrogens (tertiary/aromatic N) is 2. The maximum absolute atomic E-state index is 13.1. The van der Waals surface area contributed by atoms with Gasteiger partial charge in [-0.25, -0.2) is 9.78 Å². The first-order valence-corrected chi connectivity index (χ1v) is 11.9. The average molecular weight is 478 g/mol. The van der Waals surface area contributed by atoms with E-state index in [4.69, 9.17) is 21.3 Å². The molecule has 2 aromatic carbocycles. The van der Waals surface area contributed by atoms with E-state index in [0.29, 0.717) is 21.4 Å². The lowest BCUT2D eigenvalue weighted by Crippen LogP contribution is -2.22. The maximum Gasteiger partial charge on any atom is 0.339 e. The number of rotatable bonds is 5. The number of aryl methyl sites for hydroxylation is 1. The number of nitrogens with one attached hydrogen (secondary N) is 1. The van der Waals surface area contributed by atoms with Crippen LogP contribution in [0.4, 0.5) is 5.13 Å². The molecule has 0 aliphatic heterocycles. The van der Waals surface area contributed by atoms with Crippen LogP contribution in [0.2, 0.25) is 5.02 Å². The number of benzene rings is 2. The molecule has 1 aliphatic rings. The van der Waals surface area contributed by atoms with Gasteiger partial charge in [-0.3, -0.25) is 15.1 Å². The minimum atomic E-state index is -0.502. The molecule has 0 radical (unpaired) electrons. The lowest BCUT2D eigenvalue weighted by molar-refractivity contribution is -0.119. The summed E-state index contributed by atoms with van der Waals surface area (Å²) in [5.74, 6) is -0.951. The van der Waals surface area contributed by atoms with Gasteiger partial charge in [-0.2, -0.15) is 0 Å². The Morgan fingerprint density at radius 3 is 2.70 bits per heavy atom. The van der Waals surface area contributed by atoms with Crippen LogP contribution in [-0.4, -0.2) is 28.5 Å². The van der Waals surface area contributed by atoms with Crippen molar-refractivity contribution in [2.45, 2.75) is 25.7 Å². The Bertz CT molecular complexity index is 1370. The van der Waals surface area contributed by atoms with E-state index >= 15 is 0 Å². The molecular weight excluding hydrogens is 458 g/mol. The topological polar surface area (TPSA) is 81.2 Å². The number of para-hydroxylation sites is 1. The molecule has 0 saturated carbocycles. The van der Waals surface area contributed by atoms with E-state index in [1.807, 2.05) is 47.8 Å². The molecule has 5 rings (SSSR count). The Hall–Kier alpha value is -3.29. The second-order valence-electron chi connectivity index (χ2n) is 7.78. The average Bonchev–Trinajstić information content (AvgIpc) is 3.29. The molecule has 2 heterocycles. The van der Waals surface area contributed by atoms with Crippen molar-refractivity contribution in [1.82, 2.24) is 9.97 Å². The van der Waals surface area contributed by atoms with Gasteiger partial charge in [0.15, 0.2) is 11.7 Å². The summed E-state index contributed by atoms with van der Waals surface area (Å²) in [6.07, 6.45) is 3.69. The Kier molecular flexibility index (Phi) is 6.07. The summed E-state index contributed by atoms with van der Waals surface area (Å²) in [6.45, 7) is -0.398. The molecule has 0 fully saturated rings. The van der Waals surface area contributed by atoms with E-state index in [1.54, 1.807) is 6.07 Å². The smallest absolute Gasteiger partial charge is 0.339 e. The highest BCUT2D eigenvalue weighted by Crippen LogP contribution is 2.31. The number of anilines is 1. The predicted octanol–water partition coefficient (Wildman–Crippen LogP) is 5.69. The molecule has 1 amide bonds. The first kappa shape index (κ1) is 21.6. The standard InChI is InChI=1S/C25H20ClN3O3S/c26-18-10-4-1-7-15(18)21-14-33-25(28-21)29-22(30)13-32-24(31)23-16-8-2-5-11-19(16)27-20-12-6-3-9-17(20)23/h1-2,4-5,7-8,10-11,14H,3,6,9,12-13H2,(H,28,29,30). The van der Waals surface area contributed by atoms with Crippen LogP contribution < -0.4 is 5.32 Å². The molecule has 1 aliphatic carbocycles. The Labute approximate surface area is 199 Å². The number of aromatic nitrogens is 2. The van der Waals surface area contributed by atoms with Gasteiger partial charge < -0.3 is 4.74 Å². The zero-order chi connectivity index (χ0) is 22.8. The van der Waals surface area contributed by atoms with E-state index < -0.39 is 18.5 Å². The Morgan fingerprint density at radius 1 is 1.03 bits per heavy atom. The molecular formula is C25H20ClN3O3S. The SMILES string of the molecule is O=C(COC(=O)c1c2c(nc3ccccc13)CCCC2)Nc1nc(-c2ccccc2Cl)cs1. The zero-order valence-corrected chi connectivity index (χ0v) is 19.2. The third kappa shape index (κ3) is 4.47. The van der Waals surface area contributed by atoms with Gasteiger partial charge in [-0.1, -0.05) is 48.0 Å². The van der Waals surface area contributed by atoms with E-state index in [2.05, 4.69) is 10.3 Å². The zero-order valence-electron chi connectivity index (χ0n) is 17.6. The highest BCUT2D eigenvalue weighted by molar-refractivity contribution is 7.14. The van der Waals surface area contributed by atoms with Crippen molar-refractivity contribution in [3.8, 4) is 11.3 Å². The lowest BCUT2D eigenvalue weighted by Gasteiger charge is -2.19. The van der Waals surface area contributed by atoms with Gasteiger partial charge in [0, 0.05) is 27.0 Å². The Morgan fingerprint density at radius 2 is 1.82 bits per heavy atom. The number of thiazole rings is 1. The van der Waals surface area contributed by atoms with Gasteiger partial charge in [0.05, 0.1) is 16.8 Å². The van der Waals surface area contributed by atoms with Crippen molar-refractivity contribution < 1.29 is 14.3 Å². The summed E-state index contributed by atoms with van der Waals surface area (Å²) >= 11 is 7.51. The van der Waals surface area contributed by atoms with Crippen LogP contribution in [-0.2, 0) is 22.4 Å². The van der Waals surface area contributed by atoms with Crippen molar-refractivity contribution >= 4 is 50.8 Å². The first-order valence-electron chi connectivity index (χ1n) is 10.7. The van der Waals surface area contributed by atoms with Crippen LogP contribution in [0, 0.1) is 0 Å². The molecule has 166 valence electrons. The third-order valence-electron chi connectivity index (χ3n) is 5.61. The summed E-state index contributed by atoms with van der Waals surface area (Å²) in [6, 6.07) is 14.9. The van der Waals surface area contributed by atoms with Crippen molar-refractivity contribution in [3.63, 3.8) is 0 Å². The number of carbonyl (C=O) groups is 2. The van der Waals surface area contributed by atoms with Gasteiger partial charge in [0.2, 0.25) is 0 Å². The van der Waals surface area contributed by atoms with Gasteiger partial charge in [0.1, 0.15) is 0 Å². The molecule has 0 atom stereocenters. The van der Waals surface area contributed by atoms with Crippen LogP contribution in [0.15, 0.2) is 53.9 Å². The third-order valence-corrected chi connectivity index (χ3v) is 6.70. The number of pyridine rings is 1. The summed E-state index contributed by atoms with van der Waals surface area (Å²) in [7, 11) is 0. The number of ether oxygens (including phenoxy) is 1. The monoisotopic (exact) mass is 477 g/mol. The molecule has 8 heteroatoms. The van der Waals surface area contributed by atoms with Crippen LogP contribution >= 0.6 is 22.9 Å². The van der Waals surface area contributed by atoms with Gasteiger partial charge in [-0.15, -0.1) is 11.3 Å². The summed E-state index contributed by atoms with van der Waals surface area (Å²) < 4.78 is 5.42. The van der Waals surface area contributed by atoms with Crippen LogP contribution in [0.5, 0.6) is 0 Å². The van der Waals surface area contributed by atoms with Crippen LogP contribution in [0.3, 0.4) is 0 Å².